The Morgan fingerprint density at radius 2 is 1.84 bits per heavy atom. The number of halogens is 1. The summed E-state index contributed by atoms with van der Waals surface area (Å²) in [5.41, 5.74) is 0.801. The lowest BCUT2D eigenvalue weighted by atomic mass is 10.1. The second kappa shape index (κ2) is 5.38. The van der Waals surface area contributed by atoms with Crippen molar-refractivity contribution < 1.29 is 4.79 Å². The molecule has 19 heavy (non-hydrogen) atoms. The number of carbonyl (C=O) groups excluding carboxylic acids is 1. The summed E-state index contributed by atoms with van der Waals surface area (Å²) in [5, 5.41) is 3.65. The average molecular weight is 276 g/mol. The number of nitrogens with one attached hydrogen (secondary N) is 1. The molecule has 3 heteroatoms. The second-order valence-corrected chi connectivity index (χ2v) is 5.92. The molecule has 100 valence electrons. The predicted molar refractivity (Wildman–Crippen MR) is 78.2 cm³/mol. The van der Waals surface area contributed by atoms with Crippen LogP contribution < -0.4 is 5.32 Å². The van der Waals surface area contributed by atoms with Gasteiger partial charge in [0.25, 0.3) is 0 Å². The number of hydrogen-bond donors (Lipinski definition) is 1. The van der Waals surface area contributed by atoms with E-state index in [-0.39, 0.29) is 11.8 Å². The summed E-state index contributed by atoms with van der Waals surface area (Å²) in [6, 6.07) is 7.35. The lowest BCUT2D eigenvalue weighted by Gasteiger charge is -2.05. The maximum absolute atomic E-state index is 12.3. The molecule has 0 heterocycles. The molecule has 1 saturated carbocycles. The van der Waals surface area contributed by atoms with Crippen molar-refractivity contribution >= 4 is 23.2 Å². The molecule has 0 aliphatic heterocycles. The van der Waals surface area contributed by atoms with E-state index in [0.29, 0.717) is 16.9 Å². The largest absolute Gasteiger partial charge is 0.326 e. The Morgan fingerprint density at radius 1 is 1.16 bits per heavy atom. The summed E-state index contributed by atoms with van der Waals surface area (Å²) in [4.78, 5) is 12.3. The third kappa shape index (κ3) is 2.84. The zero-order chi connectivity index (χ0) is 13.2. The fourth-order valence-electron chi connectivity index (χ4n) is 3.23. The molecule has 2 atom stereocenters. The topological polar surface area (TPSA) is 29.1 Å². The van der Waals surface area contributed by atoms with Gasteiger partial charge in [-0.15, -0.1) is 0 Å². The zero-order valence-corrected chi connectivity index (χ0v) is 11.6. The zero-order valence-electron chi connectivity index (χ0n) is 10.8. The number of fused-ring (bicyclic) bond motifs is 1. The molecule has 0 radical (unpaired) electrons. The van der Waals surface area contributed by atoms with Gasteiger partial charge < -0.3 is 5.32 Å². The van der Waals surface area contributed by atoms with Crippen LogP contribution in [-0.2, 0) is 4.79 Å². The van der Waals surface area contributed by atoms with Gasteiger partial charge in [-0.1, -0.05) is 29.8 Å². The van der Waals surface area contributed by atoms with Crippen molar-refractivity contribution in [2.45, 2.75) is 25.7 Å². The van der Waals surface area contributed by atoms with Crippen LogP contribution in [0.15, 0.2) is 36.4 Å². The Balaban J connectivity index is 1.63. The molecule has 0 unspecified atom stereocenters. The second-order valence-electron chi connectivity index (χ2n) is 5.48. The van der Waals surface area contributed by atoms with Crippen molar-refractivity contribution in [1.29, 1.82) is 0 Å². The third-order valence-electron chi connectivity index (χ3n) is 4.23. The van der Waals surface area contributed by atoms with Gasteiger partial charge in [0.05, 0.1) is 0 Å². The first kappa shape index (κ1) is 12.7. The quantitative estimate of drug-likeness (QED) is 0.803. The van der Waals surface area contributed by atoms with Crippen molar-refractivity contribution in [3.05, 3.63) is 41.4 Å². The van der Waals surface area contributed by atoms with E-state index in [1.165, 1.54) is 0 Å². The van der Waals surface area contributed by atoms with Crippen molar-refractivity contribution in [2.75, 3.05) is 5.32 Å². The normalized spacial score (nSPS) is 29.0. The summed E-state index contributed by atoms with van der Waals surface area (Å²) in [6.07, 6.45) is 9.02. The summed E-state index contributed by atoms with van der Waals surface area (Å²) >= 11 is 5.93. The minimum Gasteiger partial charge on any atom is -0.326 e. The summed E-state index contributed by atoms with van der Waals surface area (Å²) < 4.78 is 0. The predicted octanol–water partition coefficient (Wildman–Crippen LogP) is 4.27. The molecular formula is C16H18ClNO. The number of rotatable bonds is 2. The van der Waals surface area contributed by atoms with Crippen molar-refractivity contribution in [1.82, 2.24) is 0 Å². The van der Waals surface area contributed by atoms with Crippen molar-refractivity contribution in [3.63, 3.8) is 0 Å². The molecule has 1 aromatic rings. The van der Waals surface area contributed by atoms with Gasteiger partial charge >= 0.3 is 0 Å². The third-order valence-corrected chi connectivity index (χ3v) is 4.46. The van der Waals surface area contributed by atoms with Crippen molar-refractivity contribution in [3.8, 4) is 0 Å². The highest BCUT2D eigenvalue weighted by molar-refractivity contribution is 6.30. The standard InChI is InChI=1S/C16H18ClNO/c17-11-6-5-7-12(10-11)18-16(19)15-13-8-3-1-2-4-9-14(13)15/h1-2,5-7,10,13-15H,3-4,8-9H2,(H,18,19)/t13-,14-/m0/s1. The van der Waals surface area contributed by atoms with Crippen molar-refractivity contribution in [2.24, 2.45) is 17.8 Å². The monoisotopic (exact) mass is 275 g/mol. The van der Waals surface area contributed by atoms with Crippen LogP contribution in [0.5, 0.6) is 0 Å². The lowest BCUT2D eigenvalue weighted by Crippen LogP contribution is -2.15. The maximum atomic E-state index is 12.3. The molecule has 3 rings (SSSR count). The lowest BCUT2D eigenvalue weighted by molar-refractivity contribution is -0.117. The van der Waals surface area contributed by atoms with E-state index in [9.17, 15) is 4.79 Å². The van der Waals surface area contributed by atoms with Crippen LogP contribution >= 0.6 is 11.6 Å². The molecule has 0 bridgehead atoms. The Morgan fingerprint density at radius 3 is 2.47 bits per heavy atom. The molecule has 1 fully saturated rings. The molecule has 0 spiro atoms. The van der Waals surface area contributed by atoms with E-state index in [0.717, 1.165) is 31.4 Å². The van der Waals surface area contributed by atoms with E-state index >= 15 is 0 Å². The highest BCUT2D eigenvalue weighted by Gasteiger charge is 2.53. The number of anilines is 1. The van der Waals surface area contributed by atoms with Gasteiger partial charge in [-0.2, -0.15) is 0 Å². The Bertz CT molecular complexity index is 495. The minimum atomic E-state index is 0.166. The van der Waals surface area contributed by atoms with Gasteiger partial charge in [-0.25, -0.2) is 0 Å². The van der Waals surface area contributed by atoms with E-state index in [1.54, 1.807) is 6.07 Å². The molecule has 1 amide bonds. The van der Waals surface area contributed by atoms with Gasteiger partial charge in [-0.05, 0) is 55.7 Å². The van der Waals surface area contributed by atoms with Crippen LogP contribution in [0.25, 0.3) is 0 Å². The van der Waals surface area contributed by atoms with E-state index in [1.807, 2.05) is 18.2 Å². The van der Waals surface area contributed by atoms with E-state index in [2.05, 4.69) is 17.5 Å². The van der Waals surface area contributed by atoms with E-state index in [4.69, 9.17) is 11.6 Å². The summed E-state index contributed by atoms with van der Waals surface area (Å²) in [6.45, 7) is 0. The molecule has 2 aliphatic carbocycles. The Labute approximate surface area is 118 Å². The first-order chi connectivity index (χ1) is 9.25. The fourth-order valence-corrected chi connectivity index (χ4v) is 3.42. The maximum Gasteiger partial charge on any atom is 0.228 e. The minimum absolute atomic E-state index is 0.166. The van der Waals surface area contributed by atoms with Crippen LogP contribution in [0.3, 0.4) is 0 Å². The van der Waals surface area contributed by atoms with Crippen LogP contribution in [0.2, 0.25) is 5.02 Å². The van der Waals surface area contributed by atoms with Crippen LogP contribution in [-0.4, -0.2) is 5.91 Å². The number of allylic oxidation sites excluding steroid dienone is 2. The van der Waals surface area contributed by atoms with Gasteiger partial charge in [-0.3, -0.25) is 4.79 Å². The van der Waals surface area contributed by atoms with Gasteiger partial charge in [0.1, 0.15) is 0 Å². The van der Waals surface area contributed by atoms with Gasteiger partial charge in [0.15, 0.2) is 0 Å². The average Bonchev–Trinajstić information content (AvgIpc) is 3.00. The van der Waals surface area contributed by atoms with E-state index < -0.39 is 0 Å². The van der Waals surface area contributed by atoms with Crippen LogP contribution in [0.1, 0.15) is 25.7 Å². The SMILES string of the molecule is O=C(Nc1cccc(Cl)c1)C1[C@H]2CCC=CCC[C@H]12. The molecule has 2 aliphatic rings. The summed E-state index contributed by atoms with van der Waals surface area (Å²) in [7, 11) is 0. The number of carbonyl (C=O) groups is 1. The Hall–Kier alpha value is -1.28. The molecule has 0 saturated heterocycles. The summed E-state index contributed by atoms with van der Waals surface area (Å²) in [5.74, 6) is 1.55. The van der Waals surface area contributed by atoms with Crippen LogP contribution in [0.4, 0.5) is 5.69 Å². The highest BCUT2D eigenvalue weighted by atomic mass is 35.5. The fraction of sp³-hybridized carbons (Fsp3) is 0.438. The molecule has 1 N–H and O–H groups in total. The molecule has 1 aromatic carbocycles. The molecular weight excluding hydrogens is 258 g/mol. The number of benzene rings is 1. The first-order valence-corrected chi connectivity index (χ1v) is 7.35. The molecule has 0 aromatic heterocycles. The number of hydrogen-bond acceptors (Lipinski definition) is 1. The van der Waals surface area contributed by atoms with Crippen LogP contribution in [0, 0.1) is 17.8 Å². The first-order valence-electron chi connectivity index (χ1n) is 6.97. The molecule has 2 nitrogen and oxygen atoms in total. The van der Waals surface area contributed by atoms with Gasteiger partial charge in [0.2, 0.25) is 5.91 Å². The highest BCUT2D eigenvalue weighted by Crippen LogP contribution is 2.53. The van der Waals surface area contributed by atoms with Gasteiger partial charge in [0, 0.05) is 16.6 Å². The number of amides is 1. The smallest absolute Gasteiger partial charge is 0.228 e. The Kier molecular flexibility index (Phi) is 3.61.